The van der Waals surface area contributed by atoms with Gasteiger partial charge in [-0.1, -0.05) is 30.7 Å². The smallest absolute Gasteiger partial charge is 0.238 e. The van der Waals surface area contributed by atoms with Gasteiger partial charge in [-0.25, -0.2) is 9.97 Å². The molecule has 33 heavy (non-hydrogen) atoms. The highest BCUT2D eigenvalue weighted by Crippen LogP contribution is 2.33. The minimum Gasteiger partial charge on any atom is -0.489 e. The average Bonchev–Trinajstić information content (AvgIpc) is 3.24. The van der Waals surface area contributed by atoms with Crippen molar-refractivity contribution in [3.63, 3.8) is 0 Å². The van der Waals surface area contributed by atoms with Crippen LogP contribution < -0.4 is 14.4 Å². The molecule has 1 N–H and O–H groups in total. The Hall–Kier alpha value is -2.45. The van der Waals surface area contributed by atoms with E-state index in [0.29, 0.717) is 23.9 Å². The largest absolute Gasteiger partial charge is 0.489 e. The number of aromatic nitrogens is 2. The van der Waals surface area contributed by atoms with E-state index in [2.05, 4.69) is 9.97 Å². The van der Waals surface area contributed by atoms with E-state index in [1.54, 1.807) is 13.8 Å². The third-order valence-electron chi connectivity index (χ3n) is 5.47. The Morgan fingerprint density at radius 3 is 2.73 bits per heavy atom. The van der Waals surface area contributed by atoms with Crippen molar-refractivity contribution < 1.29 is 23.8 Å². The molecule has 0 aliphatic carbocycles. The number of halogens is 2. The van der Waals surface area contributed by atoms with Crippen molar-refractivity contribution in [2.75, 3.05) is 31.3 Å². The molecule has 1 aliphatic heterocycles. The predicted octanol–water partition coefficient (Wildman–Crippen LogP) is 4.36. The summed E-state index contributed by atoms with van der Waals surface area (Å²) in [6.45, 7) is 6.03. The first kappa shape index (κ1) is 25.2. The van der Waals surface area contributed by atoms with Crippen LogP contribution in [0.3, 0.4) is 0 Å². The number of benzene rings is 1. The number of hydrogen-bond donors (Lipinski definition) is 1. The lowest BCUT2D eigenvalue weighted by atomic mass is 9.94. The summed E-state index contributed by atoms with van der Waals surface area (Å²) in [4.78, 5) is 22.5. The molecule has 1 fully saturated rings. The lowest BCUT2D eigenvalue weighted by molar-refractivity contribution is -0.120. The molecule has 9 heteroatoms. The van der Waals surface area contributed by atoms with E-state index in [-0.39, 0.29) is 43.1 Å². The minimum atomic E-state index is -1.00. The van der Waals surface area contributed by atoms with Crippen LogP contribution in [0.2, 0.25) is 5.02 Å². The first-order chi connectivity index (χ1) is 15.7. The molecule has 2 atom stereocenters. The third kappa shape index (κ3) is 7.01. The van der Waals surface area contributed by atoms with Crippen molar-refractivity contribution >= 4 is 23.2 Å². The first-order valence-electron chi connectivity index (χ1n) is 11.1. The van der Waals surface area contributed by atoms with Crippen LogP contribution in [0.1, 0.15) is 51.5 Å². The second-order valence-electron chi connectivity index (χ2n) is 8.94. The number of carbonyl (C=O) groups excluding carboxylic acids is 1. The highest BCUT2D eigenvalue weighted by atomic mass is 35.5. The van der Waals surface area contributed by atoms with E-state index in [0.717, 1.165) is 17.7 Å². The molecule has 1 aromatic heterocycles. The molecule has 2 aromatic rings. The van der Waals surface area contributed by atoms with Crippen LogP contribution in [0.15, 0.2) is 30.6 Å². The zero-order valence-corrected chi connectivity index (χ0v) is 20.0. The Morgan fingerprint density at radius 1 is 1.33 bits per heavy atom. The van der Waals surface area contributed by atoms with Crippen molar-refractivity contribution in [2.24, 2.45) is 0 Å². The lowest BCUT2D eigenvalue weighted by Gasteiger charge is -2.21. The van der Waals surface area contributed by atoms with E-state index in [4.69, 9.17) is 21.1 Å². The number of Topliss-reactive ketones (excluding diaryl/α,β-unsaturated/α-hetero) is 1. The van der Waals surface area contributed by atoms with E-state index >= 15 is 0 Å². The van der Waals surface area contributed by atoms with Gasteiger partial charge in [0.05, 0.1) is 18.8 Å². The number of carbonyl (C=O) groups is 1. The predicted molar refractivity (Wildman–Crippen MR) is 125 cm³/mol. The van der Waals surface area contributed by atoms with Gasteiger partial charge in [0.15, 0.2) is 5.82 Å². The summed E-state index contributed by atoms with van der Waals surface area (Å²) >= 11 is 6.47. The van der Waals surface area contributed by atoms with Gasteiger partial charge >= 0.3 is 0 Å². The molecule has 0 radical (unpaired) electrons. The van der Waals surface area contributed by atoms with Gasteiger partial charge in [0.25, 0.3) is 0 Å². The fourth-order valence-corrected chi connectivity index (χ4v) is 3.87. The summed E-state index contributed by atoms with van der Waals surface area (Å²) in [6.07, 6.45) is 2.66. The van der Waals surface area contributed by atoms with Crippen LogP contribution in [-0.2, 0) is 4.79 Å². The highest BCUT2D eigenvalue weighted by molar-refractivity contribution is 6.34. The molecular formula is C24H31ClFN3O4. The SMILES string of the molecule is CC(C(=O)CCCF)c1ccc(OC2CCN(c3ncnc(OCC(C)(C)O)c3Cl)C2)cc1. The Kier molecular flexibility index (Phi) is 8.48. The van der Waals surface area contributed by atoms with E-state index in [1.807, 2.05) is 36.1 Å². The molecule has 1 aromatic carbocycles. The topological polar surface area (TPSA) is 84.8 Å². The molecule has 2 unspecified atom stereocenters. The van der Waals surface area contributed by atoms with Gasteiger partial charge in [0, 0.05) is 25.3 Å². The Bertz CT molecular complexity index is 936. The molecule has 0 bridgehead atoms. The van der Waals surface area contributed by atoms with Crippen LogP contribution in [0.25, 0.3) is 0 Å². The normalized spacial score (nSPS) is 17.2. The van der Waals surface area contributed by atoms with Crippen molar-refractivity contribution in [2.45, 2.75) is 57.7 Å². The van der Waals surface area contributed by atoms with Crippen molar-refractivity contribution in [3.05, 3.63) is 41.2 Å². The van der Waals surface area contributed by atoms with E-state index < -0.39 is 12.3 Å². The molecule has 1 saturated heterocycles. The minimum absolute atomic E-state index is 0.0420. The van der Waals surface area contributed by atoms with Crippen LogP contribution in [-0.4, -0.2) is 58.9 Å². The van der Waals surface area contributed by atoms with Crippen LogP contribution >= 0.6 is 11.6 Å². The molecule has 0 amide bonds. The third-order valence-corrected chi connectivity index (χ3v) is 5.80. The van der Waals surface area contributed by atoms with Gasteiger partial charge in [-0.15, -0.1) is 0 Å². The number of aliphatic hydroxyl groups is 1. The summed E-state index contributed by atoms with van der Waals surface area (Å²) in [5.74, 6) is 1.30. The Balaban J connectivity index is 1.58. The summed E-state index contributed by atoms with van der Waals surface area (Å²) in [5, 5.41) is 10.2. The monoisotopic (exact) mass is 479 g/mol. The molecular weight excluding hydrogens is 449 g/mol. The molecule has 0 spiro atoms. The summed E-state index contributed by atoms with van der Waals surface area (Å²) in [6, 6.07) is 7.48. The number of ketones is 1. The maximum atomic E-state index is 12.3. The van der Waals surface area contributed by atoms with Gasteiger partial charge in [0.2, 0.25) is 5.88 Å². The zero-order chi connectivity index (χ0) is 24.0. The number of ether oxygens (including phenoxy) is 2. The summed E-state index contributed by atoms with van der Waals surface area (Å²) in [7, 11) is 0. The molecule has 180 valence electrons. The first-order valence-corrected chi connectivity index (χ1v) is 11.5. The Morgan fingerprint density at radius 2 is 2.06 bits per heavy atom. The van der Waals surface area contributed by atoms with Crippen molar-refractivity contribution in [1.29, 1.82) is 0 Å². The van der Waals surface area contributed by atoms with E-state index in [9.17, 15) is 14.3 Å². The van der Waals surface area contributed by atoms with Crippen LogP contribution in [0.4, 0.5) is 10.2 Å². The fourth-order valence-electron chi connectivity index (χ4n) is 3.60. The fraction of sp³-hybridized carbons (Fsp3) is 0.542. The van der Waals surface area contributed by atoms with Gasteiger partial charge < -0.3 is 19.5 Å². The number of anilines is 1. The van der Waals surface area contributed by atoms with Gasteiger partial charge in [-0.2, -0.15) is 0 Å². The zero-order valence-electron chi connectivity index (χ0n) is 19.3. The number of rotatable bonds is 11. The molecule has 7 nitrogen and oxygen atoms in total. The molecule has 2 heterocycles. The van der Waals surface area contributed by atoms with Gasteiger partial charge in [-0.3, -0.25) is 9.18 Å². The van der Waals surface area contributed by atoms with E-state index in [1.165, 1.54) is 6.33 Å². The van der Waals surface area contributed by atoms with Crippen molar-refractivity contribution in [3.8, 4) is 11.6 Å². The quantitative estimate of drug-likeness (QED) is 0.512. The van der Waals surface area contributed by atoms with Crippen molar-refractivity contribution in [1.82, 2.24) is 9.97 Å². The maximum Gasteiger partial charge on any atom is 0.238 e. The molecule has 3 rings (SSSR count). The second kappa shape index (κ2) is 11.1. The summed E-state index contributed by atoms with van der Waals surface area (Å²) < 4.78 is 24.0. The Labute approximate surface area is 198 Å². The molecule has 0 saturated carbocycles. The van der Waals surface area contributed by atoms with Crippen LogP contribution in [0, 0.1) is 0 Å². The van der Waals surface area contributed by atoms with Crippen LogP contribution in [0.5, 0.6) is 11.6 Å². The summed E-state index contributed by atoms with van der Waals surface area (Å²) in [5.41, 5.74) is -0.110. The van der Waals surface area contributed by atoms with Gasteiger partial charge in [0.1, 0.15) is 35.6 Å². The van der Waals surface area contributed by atoms with Gasteiger partial charge in [-0.05, 0) is 38.0 Å². The molecule has 1 aliphatic rings. The maximum absolute atomic E-state index is 12.3. The number of nitrogens with zero attached hydrogens (tertiary/aromatic N) is 3. The standard InChI is InChI=1S/C24H31ClFN3O4/c1-16(20(30)5-4-11-26)17-6-8-18(9-7-17)33-19-10-12-29(13-19)22-21(25)23(28-15-27-22)32-14-24(2,3)31/h6-9,15-16,19,31H,4-5,10-14H2,1-3H3. The highest BCUT2D eigenvalue weighted by Gasteiger charge is 2.28. The average molecular weight is 480 g/mol. The number of alkyl halides is 1. The second-order valence-corrected chi connectivity index (χ2v) is 9.32. The lowest BCUT2D eigenvalue weighted by Crippen LogP contribution is -2.29. The number of hydrogen-bond acceptors (Lipinski definition) is 7.